The maximum Gasteiger partial charge on any atom is 0.303 e. The summed E-state index contributed by atoms with van der Waals surface area (Å²) in [7, 11) is 0. The van der Waals surface area contributed by atoms with E-state index in [0.29, 0.717) is 13.1 Å². The largest absolute Gasteiger partial charge is 0.481 e. The number of hydrogen-bond acceptors (Lipinski definition) is 2. The molecule has 1 amide bonds. The average molecular weight is 289 g/mol. The Kier molecular flexibility index (Phi) is 4.35. The Morgan fingerprint density at radius 2 is 1.95 bits per heavy atom. The van der Waals surface area contributed by atoms with Crippen LogP contribution in [0.1, 0.15) is 49.5 Å². The number of likely N-dealkylation sites (tertiary alicyclic amines) is 1. The van der Waals surface area contributed by atoms with Gasteiger partial charge in [0.25, 0.3) is 5.91 Å². The van der Waals surface area contributed by atoms with Gasteiger partial charge in [0.2, 0.25) is 0 Å². The van der Waals surface area contributed by atoms with Crippen LogP contribution in [0.5, 0.6) is 0 Å². The third-order valence-electron chi connectivity index (χ3n) is 4.00. The highest BCUT2D eigenvalue weighted by atomic mass is 16.4. The Bertz CT molecular complexity index is 545. The molecular formula is C17H23NO3. The molecule has 1 aliphatic rings. The predicted molar refractivity (Wildman–Crippen MR) is 81.4 cm³/mol. The molecule has 1 aromatic carbocycles. The summed E-state index contributed by atoms with van der Waals surface area (Å²) in [4.78, 5) is 25.3. The highest BCUT2D eigenvalue weighted by molar-refractivity contribution is 5.96. The molecule has 0 aliphatic carbocycles. The number of carbonyl (C=O) groups excluding carboxylic acids is 1. The fourth-order valence-electron chi connectivity index (χ4n) is 2.92. The molecule has 1 atom stereocenters. The van der Waals surface area contributed by atoms with Crippen molar-refractivity contribution in [2.45, 2.75) is 39.0 Å². The third kappa shape index (κ3) is 3.63. The second kappa shape index (κ2) is 5.88. The molecule has 0 saturated carbocycles. The van der Waals surface area contributed by atoms with E-state index in [-0.39, 0.29) is 23.7 Å². The van der Waals surface area contributed by atoms with Crippen molar-refractivity contribution in [1.82, 2.24) is 4.90 Å². The molecule has 1 fully saturated rings. The lowest BCUT2D eigenvalue weighted by Crippen LogP contribution is -2.31. The van der Waals surface area contributed by atoms with Crippen LogP contribution in [0.25, 0.3) is 0 Å². The Labute approximate surface area is 125 Å². The summed E-state index contributed by atoms with van der Waals surface area (Å²) in [5.74, 6) is -0.689. The molecular weight excluding hydrogens is 266 g/mol. The normalized spacial score (nSPS) is 18.8. The van der Waals surface area contributed by atoms with E-state index in [0.717, 1.165) is 17.5 Å². The van der Waals surface area contributed by atoms with Crippen LogP contribution in [0.4, 0.5) is 0 Å². The Morgan fingerprint density at radius 1 is 1.29 bits per heavy atom. The zero-order valence-corrected chi connectivity index (χ0v) is 12.9. The fraction of sp³-hybridized carbons (Fsp3) is 0.529. The number of carboxylic acids is 1. The Balaban J connectivity index is 2.17. The van der Waals surface area contributed by atoms with Crippen LogP contribution in [-0.4, -0.2) is 35.0 Å². The Morgan fingerprint density at radius 3 is 2.57 bits per heavy atom. The molecule has 4 nitrogen and oxygen atoms in total. The van der Waals surface area contributed by atoms with Crippen LogP contribution in [-0.2, 0) is 10.2 Å². The molecule has 1 heterocycles. The zero-order valence-electron chi connectivity index (χ0n) is 12.9. The minimum atomic E-state index is -0.788. The van der Waals surface area contributed by atoms with Gasteiger partial charge in [0.1, 0.15) is 0 Å². The van der Waals surface area contributed by atoms with Gasteiger partial charge in [-0.3, -0.25) is 9.59 Å². The van der Waals surface area contributed by atoms with Gasteiger partial charge in [0.15, 0.2) is 0 Å². The summed E-state index contributed by atoms with van der Waals surface area (Å²) >= 11 is 0. The van der Waals surface area contributed by atoms with E-state index in [1.807, 2.05) is 24.3 Å². The minimum absolute atomic E-state index is 0.0217. The van der Waals surface area contributed by atoms with Gasteiger partial charge < -0.3 is 10.0 Å². The monoisotopic (exact) mass is 289 g/mol. The average Bonchev–Trinajstić information content (AvgIpc) is 2.84. The van der Waals surface area contributed by atoms with Gasteiger partial charge in [-0.25, -0.2) is 0 Å². The molecule has 114 valence electrons. The van der Waals surface area contributed by atoms with Crippen LogP contribution in [0.2, 0.25) is 0 Å². The lowest BCUT2D eigenvalue weighted by molar-refractivity contribution is -0.138. The zero-order chi connectivity index (χ0) is 15.6. The number of hydrogen-bond donors (Lipinski definition) is 1. The molecule has 1 aromatic rings. The van der Waals surface area contributed by atoms with Crippen molar-refractivity contribution in [3.8, 4) is 0 Å². The number of benzene rings is 1. The van der Waals surface area contributed by atoms with Crippen molar-refractivity contribution < 1.29 is 14.7 Å². The second-order valence-electron chi connectivity index (χ2n) is 6.80. The fourth-order valence-corrected chi connectivity index (χ4v) is 2.92. The highest BCUT2D eigenvalue weighted by Crippen LogP contribution is 2.28. The van der Waals surface area contributed by atoms with Crippen molar-refractivity contribution in [3.63, 3.8) is 0 Å². The van der Waals surface area contributed by atoms with E-state index in [4.69, 9.17) is 5.11 Å². The summed E-state index contributed by atoms with van der Waals surface area (Å²) in [6.07, 6.45) is 0.917. The van der Waals surface area contributed by atoms with Crippen molar-refractivity contribution >= 4 is 11.9 Å². The molecule has 0 bridgehead atoms. The van der Waals surface area contributed by atoms with Crippen molar-refractivity contribution in [2.75, 3.05) is 13.1 Å². The minimum Gasteiger partial charge on any atom is -0.481 e. The first kappa shape index (κ1) is 15.5. The van der Waals surface area contributed by atoms with Crippen LogP contribution in [0, 0.1) is 5.92 Å². The number of nitrogens with zero attached hydrogens (tertiary/aromatic N) is 1. The molecule has 0 spiro atoms. The van der Waals surface area contributed by atoms with Crippen LogP contribution < -0.4 is 0 Å². The first-order valence-corrected chi connectivity index (χ1v) is 7.39. The van der Waals surface area contributed by atoms with E-state index >= 15 is 0 Å². The van der Waals surface area contributed by atoms with E-state index in [9.17, 15) is 9.59 Å². The lowest BCUT2D eigenvalue weighted by Gasteiger charge is -2.25. The second-order valence-corrected chi connectivity index (χ2v) is 6.80. The van der Waals surface area contributed by atoms with Crippen molar-refractivity contribution in [2.24, 2.45) is 5.92 Å². The summed E-state index contributed by atoms with van der Waals surface area (Å²) in [6.45, 7) is 7.47. The van der Waals surface area contributed by atoms with Gasteiger partial charge in [0, 0.05) is 25.1 Å². The van der Waals surface area contributed by atoms with Gasteiger partial charge >= 0.3 is 5.97 Å². The molecule has 2 rings (SSSR count). The van der Waals surface area contributed by atoms with Crippen molar-refractivity contribution in [1.29, 1.82) is 0 Å². The third-order valence-corrected chi connectivity index (χ3v) is 4.00. The first-order valence-electron chi connectivity index (χ1n) is 7.39. The lowest BCUT2D eigenvalue weighted by atomic mass is 9.83. The van der Waals surface area contributed by atoms with Gasteiger partial charge in [0.05, 0.1) is 0 Å². The molecule has 1 unspecified atom stereocenters. The number of aliphatic carboxylic acids is 1. The van der Waals surface area contributed by atoms with Gasteiger partial charge in [-0.2, -0.15) is 0 Å². The number of carbonyl (C=O) groups is 2. The number of amides is 1. The summed E-state index contributed by atoms with van der Waals surface area (Å²) in [5.41, 5.74) is 1.68. The summed E-state index contributed by atoms with van der Waals surface area (Å²) in [6, 6.07) is 7.70. The van der Waals surface area contributed by atoms with Gasteiger partial charge in [-0.05, 0) is 29.4 Å². The van der Waals surface area contributed by atoms with Crippen LogP contribution in [0.3, 0.4) is 0 Å². The van der Waals surface area contributed by atoms with E-state index in [1.165, 1.54) is 0 Å². The predicted octanol–water partition coefficient (Wildman–Crippen LogP) is 2.92. The molecule has 0 aromatic heterocycles. The summed E-state index contributed by atoms with van der Waals surface area (Å²) in [5, 5.41) is 8.86. The quantitative estimate of drug-likeness (QED) is 0.930. The van der Waals surface area contributed by atoms with Gasteiger partial charge in [-0.15, -0.1) is 0 Å². The van der Waals surface area contributed by atoms with E-state index < -0.39 is 5.97 Å². The number of rotatable bonds is 3. The maximum absolute atomic E-state index is 12.7. The molecule has 1 N–H and O–H groups in total. The molecule has 1 aliphatic heterocycles. The smallest absolute Gasteiger partial charge is 0.303 e. The SMILES string of the molecule is CC(C)(C)c1ccccc1C(=O)N1CCC(CC(=O)O)C1. The Hall–Kier alpha value is -1.84. The van der Waals surface area contributed by atoms with Gasteiger partial charge in [-0.1, -0.05) is 39.0 Å². The molecule has 0 radical (unpaired) electrons. The summed E-state index contributed by atoms with van der Waals surface area (Å²) < 4.78 is 0. The highest BCUT2D eigenvalue weighted by Gasteiger charge is 2.30. The van der Waals surface area contributed by atoms with Crippen LogP contribution in [0.15, 0.2) is 24.3 Å². The first-order chi connectivity index (χ1) is 9.79. The van der Waals surface area contributed by atoms with E-state index in [1.54, 1.807) is 4.90 Å². The number of carboxylic acid groups (broad SMARTS) is 1. The van der Waals surface area contributed by atoms with E-state index in [2.05, 4.69) is 20.8 Å². The standard InChI is InChI=1S/C17H23NO3/c1-17(2,3)14-7-5-4-6-13(14)16(21)18-9-8-12(11-18)10-15(19)20/h4-7,12H,8-11H2,1-3H3,(H,19,20). The molecule has 21 heavy (non-hydrogen) atoms. The molecule has 4 heteroatoms. The topological polar surface area (TPSA) is 57.6 Å². The molecule has 1 saturated heterocycles. The maximum atomic E-state index is 12.7. The van der Waals surface area contributed by atoms with Crippen LogP contribution >= 0.6 is 0 Å². The van der Waals surface area contributed by atoms with Crippen molar-refractivity contribution in [3.05, 3.63) is 35.4 Å².